The van der Waals surface area contributed by atoms with Crippen LogP contribution >= 0.6 is 15.9 Å². The van der Waals surface area contributed by atoms with Crippen molar-refractivity contribution in [1.29, 1.82) is 0 Å². The molecule has 1 N–H and O–H groups in total. The number of hydrogen-bond donors (Lipinski definition) is 1. The van der Waals surface area contributed by atoms with Gasteiger partial charge in [0.2, 0.25) is 0 Å². The van der Waals surface area contributed by atoms with Gasteiger partial charge < -0.3 is 5.11 Å². The zero-order valence-electron chi connectivity index (χ0n) is 10.4. The van der Waals surface area contributed by atoms with Crippen LogP contribution < -0.4 is 0 Å². The smallest absolute Gasteiger partial charge is 0.335 e. The van der Waals surface area contributed by atoms with Crippen LogP contribution in [0.1, 0.15) is 26.3 Å². The molecule has 20 heavy (non-hydrogen) atoms. The quantitative estimate of drug-likeness (QED) is 0.679. The zero-order valence-corrected chi connectivity index (χ0v) is 12.0. The second kappa shape index (κ2) is 6.30. The van der Waals surface area contributed by atoms with E-state index in [1.54, 1.807) is 30.3 Å². The van der Waals surface area contributed by atoms with Gasteiger partial charge in [0.05, 0.1) is 5.56 Å². The van der Waals surface area contributed by atoms with Crippen LogP contribution in [0.25, 0.3) is 6.08 Å². The van der Waals surface area contributed by atoms with Crippen molar-refractivity contribution < 1.29 is 14.7 Å². The van der Waals surface area contributed by atoms with E-state index in [0.717, 1.165) is 10.0 Å². The Labute approximate surface area is 124 Å². The Morgan fingerprint density at radius 3 is 2.25 bits per heavy atom. The molecule has 4 heteroatoms. The first-order chi connectivity index (χ1) is 9.58. The maximum Gasteiger partial charge on any atom is 0.335 e. The third-order valence-corrected chi connectivity index (χ3v) is 3.42. The van der Waals surface area contributed by atoms with E-state index < -0.39 is 5.97 Å². The van der Waals surface area contributed by atoms with Gasteiger partial charge in [0.1, 0.15) is 0 Å². The summed E-state index contributed by atoms with van der Waals surface area (Å²) < 4.78 is 0.746. The topological polar surface area (TPSA) is 54.4 Å². The first kappa shape index (κ1) is 14.2. The number of hydrogen-bond acceptors (Lipinski definition) is 2. The van der Waals surface area contributed by atoms with E-state index in [1.807, 2.05) is 12.1 Å². The molecule has 2 aromatic carbocycles. The van der Waals surface area contributed by atoms with Crippen LogP contribution in [0.15, 0.2) is 59.1 Å². The molecule has 0 unspecified atom stereocenters. The summed E-state index contributed by atoms with van der Waals surface area (Å²) in [7, 11) is 0. The predicted octanol–water partition coefficient (Wildman–Crippen LogP) is 4.04. The van der Waals surface area contributed by atoms with Crippen molar-refractivity contribution in [3.63, 3.8) is 0 Å². The van der Waals surface area contributed by atoms with Gasteiger partial charge >= 0.3 is 5.97 Å². The van der Waals surface area contributed by atoms with E-state index in [9.17, 15) is 9.59 Å². The lowest BCUT2D eigenvalue weighted by Gasteiger charge is -1.99. The van der Waals surface area contributed by atoms with Gasteiger partial charge in [-0.05, 0) is 35.9 Å². The average Bonchev–Trinajstić information content (AvgIpc) is 2.45. The fourth-order valence-corrected chi connectivity index (χ4v) is 2.14. The van der Waals surface area contributed by atoms with Crippen molar-refractivity contribution in [1.82, 2.24) is 0 Å². The molecular weight excluding hydrogens is 320 g/mol. The molecule has 0 aliphatic carbocycles. The normalized spacial score (nSPS) is 10.7. The third-order valence-electron chi connectivity index (χ3n) is 2.72. The third kappa shape index (κ3) is 3.42. The van der Waals surface area contributed by atoms with Crippen molar-refractivity contribution in [2.45, 2.75) is 0 Å². The highest BCUT2D eigenvalue weighted by Gasteiger charge is 2.05. The van der Waals surface area contributed by atoms with E-state index in [2.05, 4.69) is 15.9 Å². The SMILES string of the molecule is O=C(O)c1ccc(C=CC(=O)c2ccccc2Br)cc1. The van der Waals surface area contributed by atoms with Gasteiger partial charge in [0, 0.05) is 10.0 Å². The van der Waals surface area contributed by atoms with Gasteiger partial charge in [-0.1, -0.05) is 46.3 Å². The number of carbonyl (C=O) groups is 2. The van der Waals surface area contributed by atoms with E-state index in [0.29, 0.717) is 5.56 Å². The molecule has 100 valence electrons. The molecule has 2 aromatic rings. The molecule has 0 heterocycles. The molecular formula is C16H11BrO3. The summed E-state index contributed by atoms with van der Waals surface area (Å²) in [5.41, 5.74) is 1.58. The Kier molecular flexibility index (Phi) is 4.48. The Morgan fingerprint density at radius 2 is 1.65 bits per heavy atom. The summed E-state index contributed by atoms with van der Waals surface area (Å²) in [5, 5.41) is 8.80. The molecule has 0 radical (unpaired) electrons. The molecule has 0 aromatic heterocycles. The Morgan fingerprint density at radius 1 is 1.00 bits per heavy atom. The van der Waals surface area contributed by atoms with Gasteiger partial charge in [-0.2, -0.15) is 0 Å². The van der Waals surface area contributed by atoms with Gasteiger partial charge in [0.25, 0.3) is 0 Å². The number of carboxylic acids is 1. The van der Waals surface area contributed by atoms with E-state index in [1.165, 1.54) is 18.2 Å². The maximum atomic E-state index is 12.0. The number of carboxylic acid groups (broad SMARTS) is 1. The minimum Gasteiger partial charge on any atom is -0.478 e. The number of aromatic carboxylic acids is 1. The first-order valence-electron chi connectivity index (χ1n) is 5.88. The molecule has 0 spiro atoms. The van der Waals surface area contributed by atoms with Crippen LogP contribution in [0.5, 0.6) is 0 Å². The Hall–Kier alpha value is -2.20. The van der Waals surface area contributed by atoms with E-state index >= 15 is 0 Å². The summed E-state index contributed by atoms with van der Waals surface area (Å²) in [6, 6.07) is 13.5. The first-order valence-corrected chi connectivity index (χ1v) is 6.67. The molecule has 0 saturated heterocycles. The second-order valence-corrected chi connectivity index (χ2v) is 4.96. The minimum atomic E-state index is -0.968. The number of ketones is 1. The van der Waals surface area contributed by atoms with Gasteiger partial charge in [-0.15, -0.1) is 0 Å². The molecule has 0 saturated carbocycles. The number of halogens is 1. The molecule has 0 fully saturated rings. The van der Waals surface area contributed by atoms with Gasteiger partial charge in [-0.3, -0.25) is 4.79 Å². The monoisotopic (exact) mass is 330 g/mol. The predicted molar refractivity (Wildman–Crippen MR) is 80.9 cm³/mol. The fraction of sp³-hybridized carbons (Fsp3) is 0. The molecule has 0 amide bonds. The van der Waals surface area contributed by atoms with Crippen molar-refractivity contribution >= 4 is 33.8 Å². The molecule has 3 nitrogen and oxygen atoms in total. The summed E-state index contributed by atoms with van der Waals surface area (Å²) in [5.74, 6) is -1.08. The summed E-state index contributed by atoms with van der Waals surface area (Å²) in [6.45, 7) is 0. The zero-order chi connectivity index (χ0) is 14.5. The molecule has 0 aliphatic heterocycles. The lowest BCUT2D eigenvalue weighted by molar-refractivity contribution is 0.0696. The van der Waals surface area contributed by atoms with Crippen molar-refractivity contribution in [3.05, 3.63) is 75.8 Å². The minimum absolute atomic E-state index is 0.111. The molecule has 0 atom stereocenters. The lowest BCUT2D eigenvalue weighted by Crippen LogP contribution is -1.96. The van der Waals surface area contributed by atoms with Gasteiger partial charge in [0.15, 0.2) is 5.78 Å². The number of benzene rings is 2. The molecule has 0 aliphatic rings. The van der Waals surface area contributed by atoms with Crippen molar-refractivity contribution in [2.75, 3.05) is 0 Å². The van der Waals surface area contributed by atoms with Gasteiger partial charge in [-0.25, -0.2) is 4.79 Å². The number of rotatable bonds is 4. The van der Waals surface area contributed by atoms with Crippen LogP contribution in [0.3, 0.4) is 0 Å². The fourth-order valence-electron chi connectivity index (χ4n) is 1.66. The molecule has 0 bridgehead atoms. The van der Waals surface area contributed by atoms with E-state index in [4.69, 9.17) is 5.11 Å². The highest BCUT2D eigenvalue weighted by Crippen LogP contribution is 2.17. The Balaban J connectivity index is 2.15. The second-order valence-electron chi connectivity index (χ2n) is 4.10. The maximum absolute atomic E-state index is 12.0. The van der Waals surface area contributed by atoms with Crippen molar-refractivity contribution in [2.24, 2.45) is 0 Å². The van der Waals surface area contributed by atoms with Crippen LogP contribution in [0.4, 0.5) is 0 Å². The summed E-state index contributed by atoms with van der Waals surface area (Å²) in [6.07, 6.45) is 3.13. The van der Waals surface area contributed by atoms with Crippen LogP contribution in [0, 0.1) is 0 Å². The lowest BCUT2D eigenvalue weighted by atomic mass is 10.1. The number of allylic oxidation sites excluding steroid dienone is 1. The summed E-state index contributed by atoms with van der Waals surface area (Å²) >= 11 is 3.33. The number of carbonyl (C=O) groups excluding carboxylic acids is 1. The highest BCUT2D eigenvalue weighted by atomic mass is 79.9. The van der Waals surface area contributed by atoms with Crippen LogP contribution in [-0.2, 0) is 0 Å². The average molecular weight is 331 g/mol. The highest BCUT2D eigenvalue weighted by molar-refractivity contribution is 9.10. The standard InChI is InChI=1S/C16H11BrO3/c17-14-4-2-1-3-13(14)15(18)10-7-11-5-8-12(9-6-11)16(19)20/h1-10H,(H,19,20). The Bertz CT molecular complexity index is 672. The van der Waals surface area contributed by atoms with Crippen LogP contribution in [0.2, 0.25) is 0 Å². The van der Waals surface area contributed by atoms with Crippen LogP contribution in [-0.4, -0.2) is 16.9 Å². The molecule has 2 rings (SSSR count). The largest absolute Gasteiger partial charge is 0.478 e. The summed E-state index contributed by atoms with van der Waals surface area (Å²) in [4.78, 5) is 22.7. The van der Waals surface area contributed by atoms with E-state index in [-0.39, 0.29) is 11.3 Å². The van der Waals surface area contributed by atoms with Crippen molar-refractivity contribution in [3.8, 4) is 0 Å².